The molecule has 5 N–H and O–H groups in total. The van der Waals surface area contributed by atoms with E-state index in [0.717, 1.165) is 28.6 Å². The van der Waals surface area contributed by atoms with Gasteiger partial charge in [0.2, 0.25) is 5.78 Å². The second kappa shape index (κ2) is 9.93. The lowest BCUT2D eigenvalue weighted by Gasteiger charge is -2.11. The number of amides is 1. The number of para-hydroxylation sites is 1. The predicted octanol–water partition coefficient (Wildman–Crippen LogP) is 5.97. The highest BCUT2D eigenvalue weighted by atomic mass is 19.4. The van der Waals surface area contributed by atoms with Crippen LogP contribution in [0.2, 0.25) is 0 Å². The van der Waals surface area contributed by atoms with Gasteiger partial charge in [-0.25, -0.2) is 0 Å². The zero-order valence-corrected chi connectivity index (χ0v) is 20.0. The largest absolute Gasteiger partial charge is 0.416 e. The monoisotopic (exact) mass is 516 g/mol. The molecule has 0 saturated carbocycles. The minimum atomic E-state index is -4.53. The predicted molar refractivity (Wildman–Crippen MR) is 140 cm³/mol. The van der Waals surface area contributed by atoms with E-state index in [0.29, 0.717) is 12.0 Å². The molecule has 38 heavy (non-hydrogen) atoms. The Kier molecular flexibility index (Phi) is 6.50. The minimum absolute atomic E-state index is 0.00275. The fraction of sp³-hybridized carbons (Fsp3) is 0.103. The van der Waals surface area contributed by atoms with Gasteiger partial charge in [-0.1, -0.05) is 60.7 Å². The van der Waals surface area contributed by atoms with Crippen molar-refractivity contribution in [2.75, 3.05) is 12.3 Å². The number of ketones is 1. The Labute approximate surface area is 215 Å². The molecule has 5 rings (SSSR count). The molecule has 0 saturated heterocycles. The first-order valence-electron chi connectivity index (χ1n) is 11.9. The molecule has 0 bridgehead atoms. The summed E-state index contributed by atoms with van der Waals surface area (Å²) in [4.78, 5) is 32.7. The molecule has 0 atom stereocenters. The zero-order chi connectivity index (χ0) is 26.9. The van der Waals surface area contributed by atoms with Gasteiger partial charge < -0.3 is 21.0 Å². The lowest BCUT2D eigenvalue weighted by molar-refractivity contribution is -0.137. The van der Waals surface area contributed by atoms with Crippen molar-refractivity contribution in [2.45, 2.75) is 12.6 Å². The number of hydrogen-bond donors (Lipinski definition) is 4. The molecule has 1 amide bonds. The summed E-state index contributed by atoms with van der Waals surface area (Å²) in [6.07, 6.45) is -2.11. The molecule has 0 aliphatic rings. The van der Waals surface area contributed by atoms with E-state index >= 15 is 0 Å². The van der Waals surface area contributed by atoms with E-state index < -0.39 is 23.4 Å². The van der Waals surface area contributed by atoms with E-state index in [-0.39, 0.29) is 34.7 Å². The number of nitrogen functional groups attached to an aromatic ring is 1. The summed E-state index contributed by atoms with van der Waals surface area (Å²) in [5.41, 5.74) is 8.11. The summed E-state index contributed by atoms with van der Waals surface area (Å²) in [6.45, 7) is 0.277. The molecule has 2 heterocycles. The normalized spacial score (nSPS) is 11.6. The number of aromatic amines is 2. The molecule has 0 unspecified atom stereocenters. The first kappa shape index (κ1) is 24.9. The first-order valence-corrected chi connectivity index (χ1v) is 11.9. The summed E-state index contributed by atoms with van der Waals surface area (Å²) in [6, 6.07) is 20.4. The number of H-pyrrole nitrogens is 2. The van der Waals surface area contributed by atoms with E-state index in [4.69, 9.17) is 5.73 Å². The van der Waals surface area contributed by atoms with Crippen LogP contribution in [-0.2, 0) is 12.6 Å². The van der Waals surface area contributed by atoms with Gasteiger partial charge >= 0.3 is 6.18 Å². The maximum atomic E-state index is 13.3. The number of rotatable bonds is 7. The standard InChI is InChI=1S/C29H23F3N4O2/c30-29(31,32)20-12-10-17(11-13-20)23-24(27(33)36-25(23)26(37)18-6-2-1-3-7-18)28(38)34-15-14-19-16-35-22-9-5-4-8-21(19)22/h1-13,16,35-36H,14-15,33H2,(H,34,38). The molecule has 6 nitrogen and oxygen atoms in total. The molecule has 3 aromatic carbocycles. The summed E-state index contributed by atoms with van der Waals surface area (Å²) < 4.78 is 39.5. The van der Waals surface area contributed by atoms with Crippen molar-refractivity contribution < 1.29 is 22.8 Å². The Morgan fingerprint density at radius 1 is 0.895 bits per heavy atom. The molecule has 0 spiro atoms. The summed E-state index contributed by atoms with van der Waals surface area (Å²) in [7, 11) is 0. The van der Waals surface area contributed by atoms with Crippen molar-refractivity contribution in [3.05, 3.63) is 113 Å². The second-order valence-corrected chi connectivity index (χ2v) is 8.80. The van der Waals surface area contributed by atoms with E-state index in [9.17, 15) is 22.8 Å². The lowest BCUT2D eigenvalue weighted by atomic mass is 9.95. The quantitative estimate of drug-likeness (QED) is 0.201. The SMILES string of the molecule is Nc1[nH]c(C(=O)c2ccccc2)c(-c2ccc(C(F)(F)F)cc2)c1C(=O)NCCc1c[nH]c2ccccc12. The van der Waals surface area contributed by atoms with Gasteiger partial charge in [-0.15, -0.1) is 0 Å². The van der Waals surface area contributed by atoms with E-state index in [1.165, 1.54) is 12.1 Å². The third-order valence-corrected chi connectivity index (χ3v) is 6.37. The number of anilines is 1. The molecule has 0 fully saturated rings. The summed E-state index contributed by atoms with van der Waals surface area (Å²) in [5, 5.41) is 3.88. The molecule has 9 heteroatoms. The van der Waals surface area contributed by atoms with Crippen molar-refractivity contribution in [1.29, 1.82) is 0 Å². The highest BCUT2D eigenvalue weighted by molar-refractivity contribution is 6.17. The minimum Gasteiger partial charge on any atom is -0.385 e. The van der Waals surface area contributed by atoms with Crippen LogP contribution in [0.5, 0.6) is 0 Å². The van der Waals surface area contributed by atoms with Crippen molar-refractivity contribution in [3.8, 4) is 11.1 Å². The summed E-state index contributed by atoms with van der Waals surface area (Å²) >= 11 is 0. The molecule has 2 aromatic heterocycles. The Hall–Kier alpha value is -4.79. The molecular formula is C29H23F3N4O2. The fourth-order valence-corrected chi connectivity index (χ4v) is 4.51. The Morgan fingerprint density at radius 2 is 1.58 bits per heavy atom. The van der Waals surface area contributed by atoms with Gasteiger partial charge in [0.05, 0.1) is 16.8 Å². The van der Waals surface area contributed by atoms with Crippen molar-refractivity contribution in [2.24, 2.45) is 0 Å². The number of nitrogens with two attached hydrogens (primary N) is 1. The average molecular weight is 517 g/mol. The van der Waals surface area contributed by atoms with Crippen molar-refractivity contribution in [1.82, 2.24) is 15.3 Å². The number of carbonyl (C=O) groups is 2. The van der Waals surface area contributed by atoms with Gasteiger partial charge in [-0.2, -0.15) is 13.2 Å². The number of nitrogens with one attached hydrogen (secondary N) is 3. The number of alkyl halides is 3. The Bertz CT molecular complexity index is 1620. The molecule has 192 valence electrons. The maximum Gasteiger partial charge on any atom is 0.416 e. The molecule has 0 aliphatic carbocycles. The van der Waals surface area contributed by atoms with Crippen molar-refractivity contribution in [3.63, 3.8) is 0 Å². The third-order valence-electron chi connectivity index (χ3n) is 6.37. The summed E-state index contributed by atoms with van der Waals surface area (Å²) in [5.74, 6) is -1.03. The molecule has 0 aliphatic heterocycles. The Balaban J connectivity index is 1.48. The lowest BCUT2D eigenvalue weighted by Crippen LogP contribution is -2.26. The van der Waals surface area contributed by atoms with Crippen LogP contribution < -0.4 is 11.1 Å². The molecular weight excluding hydrogens is 493 g/mol. The Morgan fingerprint density at radius 3 is 2.29 bits per heavy atom. The van der Waals surface area contributed by atoms with Crippen LogP contribution in [0.1, 0.15) is 37.5 Å². The number of fused-ring (bicyclic) bond motifs is 1. The number of benzene rings is 3. The molecule has 5 aromatic rings. The highest BCUT2D eigenvalue weighted by Crippen LogP contribution is 2.36. The van der Waals surface area contributed by atoms with Crippen LogP contribution in [0.4, 0.5) is 19.0 Å². The van der Waals surface area contributed by atoms with Crippen LogP contribution in [0.25, 0.3) is 22.0 Å². The van der Waals surface area contributed by atoms with Crippen LogP contribution in [0.15, 0.2) is 85.1 Å². The zero-order valence-electron chi connectivity index (χ0n) is 20.0. The second-order valence-electron chi connectivity index (χ2n) is 8.80. The number of halogens is 3. The van der Waals surface area contributed by atoms with Crippen LogP contribution >= 0.6 is 0 Å². The topological polar surface area (TPSA) is 104 Å². The average Bonchev–Trinajstić information content (AvgIpc) is 3.49. The maximum absolute atomic E-state index is 13.3. The smallest absolute Gasteiger partial charge is 0.385 e. The van der Waals surface area contributed by atoms with Crippen molar-refractivity contribution >= 4 is 28.4 Å². The van der Waals surface area contributed by atoms with Crippen LogP contribution in [-0.4, -0.2) is 28.2 Å². The van der Waals surface area contributed by atoms with Crippen LogP contribution in [0.3, 0.4) is 0 Å². The highest BCUT2D eigenvalue weighted by Gasteiger charge is 2.31. The van der Waals surface area contributed by atoms with Crippen LogP contribution in [0, 0.1) is 0 Å². The number of aromatic nitrogens is 2. The van der Waals surface area contributed by atoms with Gasteiger partial charge in [0.25, 0.3) is 5.91 Å². The van der Waals surface area contributed by atoms with E-state index in [1.54, 1.807) is 30.3 Å². The van der Waals surface area contributed by atoms with Gasteiger partial charge in [-0.05, 0) is 35.7 Å². The van der Waals surface area contributed by atoms with Gasteiger partial charge in [0, 0.05) is 34.8 Å². The number of hydrogen-bond acceptors (Lipinski definition) is 3. The van der Waals surface area contributed by atoms with Gasteiger partial charge in [0.1, 0.15) is 5.82 Å². The fourth-order valence-electron chi connectivity index (χ4n) is 4.51. The molecule has 0 radical (unpaired) electrons. The van der Waals surface area contributed by atoms with Gasteiger partial charge in [-0.3, -0.25) is 9.59 Å². The van der Waals surface area contributed by atoms with E-state index in [1.807, 2.05) is 30.5 Å². The first-order chi connectivity index (χ1) is 18.2. The van der Waals surface area contributed by atoms with E-state index in [2.05, 4.69) is 15.3 Å². The van der Waals surface area contributed by atoms with Gasteiger partial charge in [0.15, 0.2) is 0 Å². The number of carbonyl (C=O) groups excluding carboxylic acids is 2. The third kappa shape index (κ3) is 4.78.